The molecule has 0 saturated heterocycles. The van der Waals surface area contributed by atoms with Crippen molar-refractivity contribution in [2.45, 2.75) is 131 Å². The maximum absolute atomic E-state index is 13.0. The standard InChI is InChI=1S/C34H55N3O3/c1-7-8-11-18-30(37-32(39)20-22-34(6)27(4)25(2)26(3)28(34)5)33(40)36-23-15-10-14-19-31(38)35-24-21-29-16-12-9-13-17-29/h12,16-17,30H,7-11,13-15,18-24H2,1-6H3,(H,35,38)(H,36,40)(H,37,39)/t30-/m0/s1. The maximum Gasteiger partial charge on any atom is 0.242 e. The number of amides is 3. The van der Waals surface area contributed by atoms with E-state index < -0.39 is 6.04 Å². The summed E-state index contributed by atoms with van der Waals surface area (Å²) in [7, 11) is 0. The minimum Gasteiger partial charge on any atom is -0.356 e. The van der Waals surface area contributed by atoms with Gasteiger partial charge in [0.25, 0.3) is 0 Å². The van der Waals surface area contributed by atoms with Crippen LogP contribution in [0.1, 0.15) is 125 Å². The van der Waals surface area contributed by atoms with E-state index in [0.29, 0.717) is 32.4 Å². The van der Waals surface area contributed by atoms with Gasteiger partial charge in [-0.3, -0.25) is 14.4 Å². The molecule has 224 valence electrons. The smallest absolute Gasteiger partial charge is 0.242 e. The largest absolute Gasteiger partial charge is 0.356 e. The van der Waals surface area contributed by atoms with Crippen LogP contribution >= 0.6 is 0 Å². The number of allylic oxidation sites excluding steroid dienone is 7. The van der Waals surface area contributed by atoms with E-state index in [1.807, 2.05) is 0 Å². The fourth-order valence-electron chi connectivity index (χ4n) is 5.75. The normalized spacial score (nSPS) is 17.1. The van der Waals surface area contributed by atoms with Gasteiger partial charge in [-0.1, -0.05) is 74.5 Å². The summed E-state index contributed by atoms with van der Waals surface area (Å²) in [5.74, 6) is -0.0575. The zero-order valence-corrected chi connectivity index (χ0v) is 26.1. The Hall–Kier alpha value is -2.63. The third-order valence-corrected chi connectivity index (χ3v) is 9.13. The molecule has 0 heterocycles. The van der Waals surface area contributed by atoms with Crippen molar-refractivity contribution in [3.63, 3.8) is 0 Å². The lowest BCUT2D eigenvalue weighted by Crippen LogP contribution is -2.47. The van der Waals surface area contributed by atoms with Crippen molar-refractivity contribution in [3.8, 4) is 0 Å². The highest BCUT2D eigenvalue weighted by atomic mass is 16.2. The second kappa shape index (κ2) is 17.2. The van der Waals surface area contributed by atoms with Gasteiger partial charge < -0.3 is 16.0 Å². The summed E-state index contributed by atoms with van der Waals surface area (Å²) in [6.45, 7) is 14.3. The summed E-state index contributed by atoms with van der Waals surface area (Å²) < 4.78 is 0. The topological polar surface area (TPSA) is 87.3 Å². The second-order valence-corrected chi connectivity index (χ2v) is 11.9. The highest BCUT2D eigenvalue weighted by Gasteiger charge is 2.36. The van der Waals surface area contributed by atoms with Crippen LogP contribution in [0.2, 0.25) is 0 Å². The molecule has 3 amide bonds. The zero-order chi connectivity index (χ0) is 29.5. The Kier molecular flexibility index (Phi) is 14.5. The molecule has 2 rings (SSSR count). The van der Waals surface area contributed by atoms with Crippen LogP contribution in [0.4, 0.5) is 0 Å². The minimum atomic E-state index is -0.493. The van der Waals surface area contributed by atoms with E-state index in [1.165, 1.54) is 27.9 Å². The molecule has 3 N–H and O–H groups in total. The van der Waals surface area contributed by atoms with Crippen LogP contribution in [0.15, 0.2) is 46.1 Å². The lowest BCUT2D eigenvalue weighted by atomic mass is 9.75. The average Bonchev–Trinajstić information content (AvgIpc) is 3.09. The van der Waals surface area contributed by atoms with Gasteiger partial charge in [0.1, 0.15) is 6.04 Å². The molecule has 0 aromatic carbocycles. The molecule has 0 fully saturated rings. The summed E-state index contributed by atoms with van der Waals surface area (Å²) in [4.78, 5) is 38.0. The maximum atomic E-state index is 13.0. The molecular weight excluding hydrogens is 498 g/mol. The predicted molar refractivity (Wildman–Crippen MR) is 166 cm³/mol. The van der Waals surface area contributed by atoms with Crippen LogP contribution in [0.5, 0.6) is 0 Å². The Labute approximate surface area is 243 Å². The van der Waals surface area contributed by atoms with Crippen molar-refractivity contribution in [1.82, 2.24) is 16.0 Å². The monoisotopic (exact) mass is 553 g/mol. The van der Waals surface area contributed by atoms with Gasteiger partial charge in [-0.15, -0.1) is 0 Å². The van der Waals surface area contributed by atoms with Crippen molar-refractivity contribution >= 4 is 17.7 Å². The van der Waals surface area contributed by atoms with Gasteiger partial charge in [0.15, 0.2) is 0 Å². The van der Waals surface area contributed by atoms with Crippen LogP contribution in [0, 0.1) is 5.41 Å². The quantitative estimate of drug-likeness (QED) is 0.160. The Bertz CT molecular complexity index is 978. The van der Waals surface area contributed by atoms with Crippen molar-refractivity contribution in [2.24, 2.45) is 5.41 Å². The molecule has 0 spiro atoms. The zero-order valence-electron chi connectivity index (χ0n) is 26.1. The molecule has 0 aromatic heterocycles. The van der Waals surface area contributed by atoms with E-state index in [2.05, 4.69) is 75.7 Å². The number of carbonyl (C=O) groups excluding carboxylic acids is 3. The fraction of sp³-hybridized carbons (Fsp3) is 0.676. The van der Waals surface area contributed by atoms with E-state index in [4.69, 9.17) is 0 Å². The third kappa shape index (κ3) is 10.4. The van der Waals surface area contributed by atoms with E-state index in [-0.39, 0.29) is 23.1 Å². The molecule has 0 bridgehead atoms. The third-order valence-electron chi connectivity index (χ3n) is 9.13. The first-order chi connectivity index (χ1) is 19.1. The highest BCUT2D eigenvalue weighted by molar-refractivity contribution is 5.87. The SMILES string of the molecule is CCCCC[C@H](NC(=O)CCC1(C)C(C)=C(C)C(C)=C1C)C(=O)NCCCCCC(=O)NCCC1=CCCC=C1. The van der Waals surface area contributed by atoms with Crippen molar-refractivity contribution in [2.75, 3.05) is 13.1 Å². The Morgan fingerprint density at radius 2 is 1.57 bits per heavy atom. The van der Waals surface area contributed by atoms with Gasteiger partial charge in [-0.05, 0) is 83.8 Å². The first kappa shape index (κ1) is 33.6. The number of carbonyl (C=O) groups is 3. The Morgan fingerprint density at radius 3 is 2.23 bits per heavy atom. The van der Waals surface area contributed by atoms with E-state index in [0.717, 1.165) is 64.2 Å². The highest BCUT2D eigenvalue weighted by Crippen LogP contribution is 2.49. The molecule has 0 aromatic rings. The predicted octanol–water partition coefficient (Wildman–Crippen LogP) is 6.98. The Balaban J connectivity index is 1.69. The molecule has 6 nitrogen and oxygen atoms in total. The molecule has 0 aliphatic heterocycles. The van der Waals surface area contributed by atoms with Crippen LogP contribution in [0.25, 0.3) is 0 Å². The summed E-state index contributed by atoms with van der Waals surface area (Å²) in [6, 6.07) is -0.493. The lowest BCUT2D eigenvalue weighted by Gasteiger charge is -2.29. The van der Waals surface area contributed by atoms with Gasteiger partial charge in [0, 0.05) is 31.3 Å². The molecule has 6 heteroatoms. The van der Waals surface area contributed by atoms with Crippen LogP contribution in [-0.4, -0.2) is 36.9 Å². The Morgan fingerprint density at radius 1 is 0.850 bits per heavy atom. The molecule has 0 saturated carbocycles. The second-order valence-electron chi connectivity index (χ2n) is 11.9. The van der Waals surface area contributed by atoms with Crippen molar-refractivity contribution in [3.05, 3.63) is 46.1 Å². The molecule has 0 radical (unpaired) electrons. The number of rotatable bonds is 18. The lowest BCUT2D eigenvalue weighted by molar-refractivity contribution is -0.129. The first-order valence-corrected chi connectivity index (χ1v) is 15.7. The van der Waals surface area contributed by atoms with Gasteiger partial charge in [-0.25, -0.2) is 0 Å². The molecule has 0 unspecified atom stereocenters. The van der Waals surface area contributed by atoms with Gasteiger partial charge in [-0.2, -0.15) is 0 Å². The van der Waals surface area contributed by atoms with Gasteiger partial charge in [0.2, 0.25) is 17.7 Å². The average molecular weight is 554 g/mol. The van der Waals surface area contributed by atoms with Gasteiger partial charge >= 0.3 is 0 Å². The van der Waals surface area contributed by atoms with Gasteiger partial charge in [0.05, 0.1) is 0 Å². The molecular formula is C34H55N3O3. The molecule has 1 atom stereocenters. The van der Waals surface area contributed by atoms with Crippen molar-refractivity contribution < 1.29 is 14.4 Å². The van der Waals surface area contributed by atoms with Crippen LogP contribution < -0.4 is 16.0 Å². The number of nitrogens with one attached hydrogen (secondary N) is 3. The minimum absolute atomic E-state index is 0.0532. The molecule has 2 aliphatic rings. The molecule has 40 heavy (non-hydrogen) atoms. The van der Waals surface area contributed by atoms with Crippen LogP contribution in [0.3, 0.4) is 0 Å². The summed E-state index contributed by atoms with van der Waals surface area (Å²) in [5, 5.41) is 9.06. The van der Waals surface area contributed by atoms with E-state index in [1.54, 1.807) is 0 Å². The number of hydrogen-bond acceptors (Lipinski definition) is 3. The number of unbranched alkanes of at least 4 members (excludes halogenated alkanes) is 4. The fourth-order valence-corrected chi connectivity index (χ4v) is 5.75. The van der Waals surface area contributed by atoms with Crippen molar-refractivity contribution in [1.29, 1.82) is 0 Å². The van der Waals surface area contributed by atoms with E-state index in [9.17, 15) is 14.4 Å². The van der Waals surface area contributed by atoms with Crippen LogP contribution in [-0.2, 0) is 14.4 Å². The number of hydrogen-bond donors (Lipinski definition) is 3. The van der Waals surface area contributed by atoms with E-state index >= 15 is 0 Å². The first-order valence-electron chi connectivity index (χ1n) is 15.7. The summed E-state index contributed by atoms with van der Waals surface area (Å²) in [6.07, 6.45) is 17.5. The summed E-state index contributed by atoms with van der Waals surface area (Å²) in [5.41, 5.74) is 6.58. The molecule has 2 aliphatic carbocycles. The summed E-state index contributed by atoms with van der Waals surface area (Å²) >= 11 is 0.